The van der Waals surface area contributed by atoms with E-state index in [0.717, 1.165) is 24.3 Å². The molecular formula is C37H7F6N9. The van der Waals surface area contributed by atoms with Gasteiger partial charge in [0.25, 0.3) is 0 Å². The average Bonchev–Trinajstić information content (AvgIpc) is 3.64. The third-order valence-electron chi connectivity index (χ3n) is 8.13. The Labute approximate surface area is 288 Å². The maximum absolute atomic E-state index is 14.1. The highest BCUT2D eigenvalue weighted by Gasteiger charge is 2.44. The Bertz CT molecular complexity index is 2700. The second-order valence-corrected chi connectivity index (χ2v) is 10.6. The van der Waals surface area contributed by atoms with Gasteiger partial charge in [-0.05, 0) is 35.4 Å². The van der Waals surface area contributed by atoms with Crippen molar-refractivity contribution in [2.75, 3.05) is 0 Å². The van der Waals surface area contributed by atoms with Crippen LogP contribution in [0.2, 0.25) is 0 Å². The first-order valence-corrected chi connectivity index (χ1v) is 14.0. The van der Waals surface area contributed by atoms with Gasteiger partial charge in [0, 0.05) is 44.5 Å². The number of nitriles is 9. The van der Waals surface area contributed by atoms with E-state index in [1.807, 2.05) is 0 Å². The standard InChI is InChI=1S/C37H7F6N9/c38-36(39,40)22-5-3-17(4-6-22)28-23(13-49)32-25(15-51)35-31(21(11-47)12-48)29(18-1-2-19(8-44)27(7-18)37(41,42)43)24(14-50)33(35)26(16-52)34(32)30(28)20(9-45)10-46/h1-7H. The normalized spacial score (nSPS) is 12.8. The lowest BCUT2D eigenvalue weighted by Crippen LogP contribution is -2.08. The minimum atomic E-state index is -5.11. The van der Waals surface area contributed by atoms with Gasteiger partial charge in [0.15, 0.2) is 0 Å². The van der Waals surface area contributed by atoms with Crippen LogP contribution in [0.5, 0.6) is 0 Å². The van der Waals surface area contributed by atoms with Crippen molar-refractivity contribution in [3.05, 3.63) is 115 Å². The fourth-order valence-corrected chi connectivity index (χ4v) is 6.16. The molecule has 2 aliphatic carbocycles. The van der Waals surface area contributed by atoms with Gasteiger partial charge in [-0.1, -0.05) is 18.2 Å². The quantitative estimate of drug-likeness (QED) is 0.189. The Morgan fingerprint density at radius 2 is 0.885 bits per heavy atom. The summed E-state index contributed by atoms with van der Waals surface area (Å²) >= 11 is 0. The predicted molar refractivity (Wildman–Crippen MR) is 165 cm³/mol. The third kappa shape index (κ3) is 5.05. The number of hydrogen-bond donors (Lipinski definition) is 0. The minimum Gasteiger partial charge on any atom is -0.192 e. The summed E-state index contributed by atoms with van der Waals surface area (Å²) in [5.74, 6) is 0. The van der Waals surface area contributed by atoms with Crippen LogP contribution in [0.15, 0.2) is 53.6 Å². The van der Waals surface area contributed by atoms with E-state index in [-0.39, 0.29) is 11.1 Å². The molecule has 0 fully saturated rings. The molecule has 0 saturated carbocycles. The van der Waals surface area contributed by atoms with Gasteiger partial charge in [0.2, 0.25) is 0 Å². The molecule has 0 spiro atoms. The molecule has 0 N–H and O–H groups in total. The van der Waals surface area contributed by atoms with Crippen molar-refractivity contribution < 1.29 is 26.3 Å². The molecular weight excluding hydrogens is 684 g/mol. The molecule has 0 atom stereocenters. The predicted octanol–water partition coefficient (Wildman–Crippen LogP) is 7.84. The molecule has 3 aromatic rings. The van der Waals surface area contributed by atoms with Crippen LogP contribution in [0, 0.1) is 102 Å². The van der Waals surface area contributed by atoms with Crippen LogP contribution in [0.25, 0.3) is 33.4 Å². The van der Waals surface area contributed by atoms with Crippen molar-refractivity contribution in [1.82, 2.24) is 0 Å². The van der Waals surface area contributed by atoms with Gasteiger partial charge in [0.05, 0.1) is 45.0 Å². The van der Waals surface area contributed by atoms with Gasteiger partial charge in [0.1, 0.15) is 59.7 Å². The van der Waals surface area contributed by atoms with Gasteiger partial charge in [-0.3, -0.25) is 0 Å². The van der Waals surface area contributed by atoms with Crippen LogP contribution >= 0.6 is 0 Å². The molecule has 0 heterocycles. The second kappa shape index (κ2) is 12.6. The molecule has 242 valence electrons. The lowest BCUT2D eigenvalue weighted by Gasteiger charge is -2.16. The first-order valence-electron chi connectivity index (χ1n) is 14.0. The van der Waals surface area contributed by atoms with Crippen molar-refractivity contribution in [2.45, 2.75) is 12.4 Å². The molecule has 2 aliphatic rings. The lowest BCUT2D eigenvalue weighted by molar-refractivity contribution is -0.138. The van der Waals surface area contributed by atoms with Crippen LogP contribution in [0.1, 0.15) is 61.2 Å². The SMILES string of the molecule is N#CC(C#N)=C1C(c2ccc(C(F)(F)F)cc2)=C(C#N)c2c(C#N)c3c(c(C#N)c21)C(C#N)=C(c1ccc(C#N)c(C(F)(F)F)c1)C3=C(C#N)C#N. The number of nitrogens with zero attached hydrogens (tertiary/aromatic N) is 9. The van der Waals surface area contributed by atoms with Crippen molar-refractivity contribution in [2.24, 2.45) is 0 Å². The van der Waals surface area contributed by atoms with Crippen LogP contribution in [0.4, 0.5) is 26.3 Å². The first kappa shape index (κ1) is 34.9. The molecule has 9 nitrogen and oxygen atoms in total. The maximum Gasteiger partial charge on any atom is 0.417 e. The molecule has 52 heavy (non-hydrogen) atoms. The summed E-state index contributed by atoms with van der Waals surface area (Å²) < 4.78 is 82.5. The first-order chi connectivity index (χ1) is 24.7. The average molecular weight is 692 g/mol. The van der Waals surface area contributed by atoms with E-state index in [1.54, 1.807) is 48.6 Å². The molecule has 3 aromatic carbocycles. The van der Waals surface area contributed by atoms with Crippen molar-refractivity contribution in [3.63, 3.8) is 0 Å². The van der Waals surface area contributed by atoms with Gasteiger partial charge in [-0.15, -0.1) is 0 Å². The lowest BCUT2D eigenvalue weighted by atomic mass is 9.82. The Hall–Kier alpha value is -8.39. The van der Waals surface area contributed by atoms with Gasteiger partial charge in [-0.2, -0.15) is 73.7 Å². The van der Waals surface area contributed by atoms with Gasteiger partial charge < -0.3 is 0 Å². The summed E-state index contributed by atoms with van der Waals surface area (Å²) in [5, 5.41) is 91.5. The van der Waals surface area contributed by atoms with E-state index >= 15 is 0 Å². The summed E-state index contributed by atoms with van der Waals surface area (Å²) in [6.45, 7) is 0. The smallest absolute Gasteiger partial charge is 0.192 e. The summed E-state index contributed by atoms with van der Waals surface area (Å²) in [4.78, 5) is 0. The summed E-state index contributed by atoms with van der Waals surface area (Å²) in [6, 6.07) is 20.3. The summed E-state index contributed by atoms with van der Waals surface area (Å²) in [7, 11) is 0. The number of fused-ring (bicyclic) bond motifs is 2. The van der Waals surface area contributed by atoms with Crippen LogP contribution in [0.3, 0.4) is 0 Å². The number of hydrogen-bond acceptors (Lipinski definition) is 9. The molecule has 0 saturated heterocycles. The van der Waals surface area contributed by atoms with Gasteiger partial charge >= 0.3 is 12.4 Å². The Kier molecular flexibility index (Phi) is 8.44. The number of rotatable bonds is 2. The number of benzene rings is 3. The molecule has 0 bridgehead atoms. The molecule has 0 amide bonds. The molecule has 0 radical (unpaired) electrons. The Morgan fingerprint density at radius 1 is 0.462 bits per heavy atom. The molecule has 0 aliphatic heterocycles. The highest BCUT2D eigenvalue weighted by molar-refractivity contribution is 6.32. The van der Waals surface area contributed by atoms with Crippen LogP contribution in [-0.2, 0) is 12.4 Å². The highest BCUT2D eigenvalue weighted by atomic mass is 19.4. The van der Waals surface area contributed by atoms with E-state index in [4.69, 9.17) is 0 Å². The third-order valence-corrected chi connectivity index (χ3v) is 8.13. The molecule has 5 rings (SSSR count). The van der Waals surface area contributed by atoms with Crippen molar-refractivity contribution in [1.29, 1.82) is 47.4 Å². The Balaban J connectivity index is 2.06. The monoisotopic (exact) mass is 691 g/mol. The maximum atomic E-state index is 14.1. The fraction of sp³-hybridized carbons (Fsp3) is 0.0541. The van der Waals surface area contributed by atoms with E-state index in [1.165, 1.54) is 6.07 Å². The zero-order chi connectivity index (χ0) is 38.3. The van der Waals surface area contributed by atoms with E-state index in [9.17, 15) is 73.7 Å². The largest absolute Gasteiger partial charge is 0.417 e. The molecule has 0 unspecified atom stereocenters. The van der Waals surface area contributed by atoms with Gasteiger partial charge in [-0.25, -0.2) is 0 Å². The minimum absolute atomic E-state index is 0.161. The summed E-state index contributed by atoms with van der Waals surface area (Å²) in [6.07, 6.45) is -9.90. The number of alkyl halides is 6. The fourth-order valence-electron chi connectivity index (χ4n) is 6.16. The Morgan fingerprint density at radius 3 is 1.23 bits per heavy atom. The van der Waals surface area contributed by atoms with Crippen LogP contribution in [-0.4, -0.2) is 0 Å². The zero-order valence-corrected chi connectivity index (χ0v) is 25.3. The zero-order valence-electron chi connectivity index (χ0n) is 25.3. The number of halogens is 6. The van der Waals surface area contributed by atoms with Crippen LogP contribution < -0.4 is 0 Å². The topological polar surface area (TPSA) is 214 Å². The van der Waals surface area contributed by atoms with Crippen molar-refractivity contribution >= 4 is 33.4 Å². The van der Waals surface area contributed by atoms with E-state index in [0.29, 0.717) is 18.2 Å². The molecule has 15 heteroatoms. The van der Waals surface area contributed by atoms with E-state index < -0.39 is 107 Å². The highest BCUT2D eigenvalue weighted by Crippen LogP contribution is 2.58. The second-order valence-electron chi connectivity index (χ2n) is 10.6. The van der Waals surface area contributed by atoms with Crippen molar-refractivity contribution in [3.8, 4) is 54.6 Å². The summed E-state index contributed by atoms with van der Waals surface area (Å²) in [5.41, 5.74) is -11.8. The number of allylic oxidation sites excluding steroid dienone is 8. The van der Waals surface area contributed by atoms with E-state index in [2.05, 4.69) is 0 Å². The molecule has 0 aromatic heterocycles.